The molecule has 1 saturated heterocycles. The number of rotatable bonds is 5. The van der Waals surface area contributed by atoms with Crippen LogP contribution in [-0.2, 0) is 0 Å². The van der Waals surface area contributed by atoms with Gasteiger partial charge in [0.15, 0.2) is 0 Å². The second-order valence-corrected chi connectivity index (χ2v) is 6.14. The molecule has 1 rings (SSSR count). The first-order chi connectivity index (χ1) is 10.2. The van der Waals surface area contributed by atoms with Crippen molar-refractivity contribution in [1.82, 2.24) is 19.6 Å². The van der Waals surface area contributed by atoms with Crippen LogP contribution in [0.2, 0.25) is 0 Å². The summed E-state index contributed by atoms with van der Waals surface area (Å²) >= 11 is 0. The molecule has 0 aromatic carbocycles. The predicted octanol–water partition coefficient (Wildman–Crippen LogP) is 1.68. The van der Waals surface area contributed by atoms with Gasteiger partial charge in [0.1, 0.15) is 0 Å². The van der Waals surface area contributed by atoms with E-state index in [9.17, 15) is 0 Å². The van der Waals surface area contributed by atoms with Crippen LogP contribution in [0.3, 0.4) is 0 Å². The van der Waals surface area contributed by atoms with Gasteiger partial charge in [0.2, 0.25) is 0 Å². The van der Waals surface area contributed by atoms with Crippen LogP contribution < -0.4 is 0 Å². The monoisotopic (exact) mass is 298 g/mol. The molecule has 1 heterocycles. The van der Waals surface area contributed by atoms with Crippen LogP contribution in [-0.4, -0.2) is 98.1 Å². The highest BCUT2D eigenvalue weighted by Crippen LogP contribution is 2.01. The highest BCUT2D eigenvalue weighted by Gasteiger charge is 2.13. The molecule has 4 nitrogen and oxygen atoms in total. The molecule has 1 fully saturated rings. The Balaban J connectivity index is 2.60. The zero-order chi connectivity index (χ0) is 15.5. The lowest BCUT2D eigenvalue weighted by Gasteiger charge is -2.33. The normalized spacial score (nSPS) is 22.9. The quantitative estimate of drug-likeness (QED) is 0.765. The first-order valence-electron chi connectivity index (χ1n) is 9.12. The van der Waals surface area contributed by atoms with Crippen molar-refractivity contribution in [3.63, 3.8) is 0 Å². The molecule has 0 atom stereocenters. The Kier molecular flexibility index (Phi) is 10.3. The number of likely N-dealkylation sites (N-methyl/N-ethyl adjacent to an activating group) is 3. The average molecular weight is 299 g/mol. The van der Waals surface area contributed by atoms with Crippen LogP contribution in [0.5, 0.6) is 0 Å². The van der Waals surface area contributed by atoms with Crippen molar-refractivity contribution in [2.75, 3.05) is 78.5 Å². The van der Waals surface area contributed by atoms with Crippen molar-refractivity contribution < 1.29 is 0 Å². The molecule has 21 heavy (non-hydrogen) atoms. The summed E-state index contributed by atoms with van der Waals surface area (Å²) in [6, 6.07) is 0. The first-order valence-corrected chi connectivity index (χ1v) is 9.12. The Morgan fingerprint density at radius 3 is 1.00 bits per heavy atom. The molecule has 0 bridgehead atoms. The van der Waals surface area contributed by atoms with E-state index in [1.54, 1.807) is 0 Å². The second kappa shape index (κ2) is 11.4. The lowest BCUT2D eigenvalue weighted by atomic mass is 10.3. The van der Waals surface area contributed by atoms with E-state index < -0.39 is 0 Å². The maximum Gasteiger partial charge on any atom is 0.0110 e. The van der Waals surface area contributed by atoms with Crippen molar-refractivity contribution in [3.8, 4) is 0 Å². The van der Waals surface area contributed by atoms with E-state index in [4.69, 9.17) is 0 Å². The van der Waals surface area contributed by atoms with E-state index in [2.05, 4.69) is 47.3 Å². The maximum atomic E-state index is 2.66. The Labute approximate surface area is 133 Å². The van der Waals surface area contributed by atoms with Gasteiger partial charge in [0.25, 0.3) is 0 Å². The Morgan fingerprint density at radius 2 is 0.762 bits per heavy atom. The van der Waals surface area contributed by atoms with Crippen molar-refractivity contribution >= 4 is 0 Å². The number of hydrogen-bond acceptors (Lipinski definition) is 4. The minimum atomic E-state index is 1.18. The van der Waals surface area contributed by atoms with Gasteiger partial charge < -0.3 is 19.6 Å². The van der Waals surface area contributed by atoms with Crippen LogP contribution in [0.25, 0.3) is 0 Å². The lowest BCUT2D eigenvalue weighted by molar-refractivity contribution is 0.140. The van der Waals surface area contributed by atoms with Crippen LogP contribution in [0, 0.1) is 0 Å². The maximum absolute atomic E-state index is 2.66. The molecule has 0 unspecified atom stereocenters. The Hall–Kier alpha value is -0.160. The molecule has 1 aliphatic rings. The molecule has 0 spiro atoms. The van der Waals surface area contributed by atoms with E-state index in [1.165, 1.54) is 85.0 Å². The summed E-state index contributed by atoms with van der Waals surface area (Å²) in [5.74, 6) is 0. The minimum Gasteiger partial charge on any atom is -0.301 e. The van der Waals surface area contributed by atoms with Gasteiger partial charge in [0, 0.05) is 52.4 Å². The van der Waals surface area contributed by atoms with Crippen molar-refractivity contribution in [2.24, 2.45) is 0 Å². The van der Waals surface area contributed by atoms with E-state index >= 15 is 0 Å². The summed E-state index contributed by atoms with van der Waals surface area (Å²) in [6.45, 7) is 23.7. The van der Waals surface area contributed by atoms with Gasteiger partial charge in [-0.15, -0.1) is 0 Å². The summed E-state index contributed by atoms with van der Waals surface area (Å²) in [7, 11) is 0. The third kappa shape index (κ3) is 7.59. The highest BCUT2D eigenvalue weighted by molar-refractivity contribution is 4.70. The fourth-order valence-electron chi connectivity index (χ4n) is 3.07. The lowest BCUT2D eigenvalue weighted by Crippen LogP contribution is -2.45. The van der Waals surface area contributed by atoms with Gasteiger partial charge in [-0.1, -0.05) is 27.7 Å². The van der Waals surface area contributed by atoms with E-state index in [-0.39, 0.29) is 0 Å². The zero-order valence-electron chi connectivity index (χ0n) is 15.0. The fraction of sp³-hybridized carbons (Fsp3) is 1.00. The molecular formula is C17H38N4. The molecule has 1 aliphatic heterocycles. The van der Waals surface area contributed by atoms with E-state index in [0.717, 1.165) is 0 Å². The summed E-state index contributed by atoms with van der Waals surface area (Å²) < 4.78 is 0. The SMILES string of the molecule is CCCN1CCN(CC)CCN(CC)CCN(CC)CC1. The van der Waals surface area contributed by atoms with Crippen LogP contribution in [0.1, 0.15) is 34.1 Å². The first kappa shape index (κ1) is 18.9. The molecule has 0 aliphatic carbocycles. The zero-order valence-corrected chi connectivity index (χ0v) is 15.0. The highest BCUT2D eigenvalue weighted by atomic mass is 15.3. The molecule has 0 amide bonds. The Morgan fingerprint density at radius 1 is 0.476 bits per heavy atom. The van der Waals surface area contributed by atoms with Gasteiger partial charge in [-0.25, -0.2) is 0 Å². The van der Waals surface area contributed by atoms with Gasteiger partial charge in [-0.2, -0.15) is 0 Å². The summed E-state index contributed by atoms with van der Waals surface area (Å²) in [6.07, 6.45) is 1.27. The summed E-state index contributed by atoms with van der Waals surface area (Å²) in [5.41, 5.74) is 0. The second-order valence-electron chi connectivity index (χ2n) is 6.14. The summed E-state index contributed by atoms with van der Waals surface area (Å²) in [4.78, 5) is 10.5. The molecule has 0 aromatic rings. The standard InChI is InChI=1S/C17H38N4/c1-5-9-21-16-14-19(7-3)12-10-18(6-2)11-13-20(8-4)15-17-21/h5-17H2,1-4H3. The molecule has 0 radical (unpaired) electrons. The number of hydrogen-bond donors (Lipinski definition) is 0. The van der Waals surface area contributed by atoms with Crippen LogP contribution in [0.15, 0.2) is 0 Å². The van der Waals surface area contributed by atoms with Gasteiger partial charge >= 0.3 is 0 Å². The van der Waals surface area contributed by atoms with Crippen molar-refractivity contribution in [2.45, 2.75) is 34.1 Å². The summed E-state index contributed by atoms with van der Waals surface area (Å²) in [5, 5.41) is 0. The third-order valence-corrected chi connectivity index (χ3v) is 4.81. The smallest absolute Gasteiger partial charge is 0.0110 e. The molecular weight excluding hydrogens is 260 g/mol. The average Bonchev–Trinajstić information content (AvgIpc) is 2.50. The fourth-order valence-corrected chi connectivity index (χ4v) is 3.07. The topological polar surface area (TPSA) is 13.0 Å². The number of nitrogens with zero attached hydrogens (tertiary/aromatic N) is 4. The molecule has 0 aromatic heterocycles. The van der Waals surface area contributed by atoms with Gasteiger partial charge in [-0.05, 0) is 32.6 Å². The minimum absolute atomic E-state index is 1.18. The largest absolute Gasteiger partial charge is 0.301 e. The molecule has 0 saturated carbocycles. The molecule has 4 heteroatoms. The third-order valence-electron chi connectivity index (χ3n) is 4.81. The molecule has 0 N–H and O–H groups in total. The van der Waals surface area contributed by atoms with Crippen LogP contribution >= 0.6 is 0 Å². The van der Waals surface area contributed by atoms with Crippen molar-refractivity contribution in [3.05, 3.63) is 0 Å². The van der Waals surface area contributed by atoms with Gasteiger partial charge in [-0.3, -0.25) is 0 Å². The van der Waals surface area contributed by atoms with Crippen LogP contribution in [0.4, 0.5) is 0 Å². The predicted molar refractivity (Wildman–Crippen MR) is 93.1 cm³/mol. The van der Waals surface area contributed by atoms with E-state index in [1.807, 2.05) is 0 Å². The molecule has 126 valence electrons. The Bertz CT molecular complexity index is 227. The van der Waals surface area contributed by atoms with Crippen molar-refractivity contribution in [1.29, 1.82) is 0 Å². The van der Waals surface area contributed by atoms with E-state index in [0.29, 0.717) is 0 Å². The van der Waals surface area contributed by atoms with Gasteiger partial charge in [0.05, 0.1) is 0 Å².